The van der Waals surface area contributed by atoms with E-state index in [0.29, 0.717) is 46.7 Å². The number of ether oxygens (including phenoxy) is 2. The first-order valence-corrected chi connectivity index (χ1v) is 14.7. The van der Waals surface area contributed by atoms with Crippen molar-refractivity contribution in [1.29, 1.82) is 0 Å². The maximum atomic E-state index is 13.6. The van der Waals surface area contributed by atoms with E-state index in [4.69, 9.17) is 26.8 Å². The molecule has 1 aromatic heterocycles. The van der Waals surface area contributed by atoms with Crippen molar-refractivity contribution in [2.75, 3.05) is 49.2 Å². The standard InChI is InChI=1S/C29H37ClN4O6S/c1-28(2,17-29(3,4)18-31)13-24(35)34(26(37)22-9-10-23(30)41-22)15-21-14-33(27(38)40-21)20-7-5-19(6-8-20)32-11-12-39-16-25(32)36/h5-10,21H,11-18,31H2,1-4H3. The minimum atomic E-state index is -0.727. The van der Waals surface area contributed by atoms with Gasteiger partial charge in [-0.05, 0) is 60.2 Å². The second kappa shape index (κ2) is 12.5. The Morgan fingerprint density at radius 2 is 1.71 bits per heavy atom. The van der Waals surface area contributed by atoms with Crippen LogP contribution in [-0.4, -0.2) is 74.2 Å². The van der Waals surface area contributed by atoms with E-state index >= 15 is 0 Å². The van der Waals surface area contributed by atoms with E-state index in [1.165, 1.54) is 9.80 Å². The molecule has 2 saturated heterocycles. The minimum Gasteiger partial charge on any atom is -0.442 e. The molecule has 2 aliphatic heterocycles. The quantitative estimate of drug-likeness (QED) is 0.422. The van der Waals surface area contributed by atoms with Gasteiger partial charge < -0.3 is 20.1 Å². The van der Waals surface area contributed by atoms with Gasteiger partial charge in [-0.3, -0.25) is 24.2 Å². The molecular weight excluding hydrogens is 568 g/mol. The average molecular weight is 605 g/mol. The highest BCUT2D eigenvalue weighted by atomic mass is 35.5. The number of thiophene rings is 1. The van der Waals surface area contributed by atoms with Crippen molar-refractivity contribution in [3.8, 4) is 0 Å². The van der Waals surface area contributed by atoms with Crippen molar-refractivity contribution >= 4 is 58.1 Å². The Morgan fingerprint density at radius 3 is 2.29 bits per heavy atom. The first kappa shape index (κ1) is 31.0. The van der Waals surface area contributed by atoms with Crippen molar-refractivity contribution in [2.24, 2.45) is 16.6 Å². The summed E-state index contributed by atoms with van der Waals surface area (Å²) in [6.45, 7) is 9.56. The van der Waals surface area contributed by atoms with Gasteiger partial charge in [-0.15, -0.1) is 11.3 Å². The molecule has 0 spiro atoms. The van der Waals surface area contributed by atoms with Crippen LogP contribution in [-0.2, 0) is 19.1 Å². The van der Waals surface area contributed by atoms with Gasteiger partial charge in [-0.25, -0.2) is 4.79 Å². The van der Waals surface area contributed by atoms with E-state index in [2.05, 4.69) is 0 Å². The Labute approximate surface area is 249 Å². The van der Waals surface area contributed by atoms with Crippen LogP contribution in [0, 0.1) is 10.8 Å². The Hall–Kier alpha value is -2.99. The zero-order valence-electron chi connectivity index (χ0n) is 23.9. The molecule has 2 aromatic rings. The van der Waals surface area contributed by atoms with E-state index in [0.717, 1.165) is 11.3 Å². The molecule has 12 heteroatoms. The predicted octanol–water partition coefficient (Wildman–Crippen LogP) is 4.55. The van der Waals surface area contributed by atoms with Crippen molar-refractivity contribution < 1.29 is 28.7 Å². The fraction of sp³-hybridized carbons (Fsp3) is 0.517. The molecular formula is C29H37ClN4O6S. The Morgan fingerprint density at radius 1 is 1.05 bits per heavy atom. The van der Waals surface area contributed by atoms with Crippen LogP contribution in [0.3, 0.4) is 0 Å². The Balaban J connectivity index is 1.49. The van der Waals surface area contributed by atoms with Crippen LogP contribution < -0.4 is 15.5 Å². The van der Waals surface area contributed by atoms with Crippen LogP contribution in [0.15, 0.2) is 36.4 Å². The molecule has 0 saturated carbocycles. The number of imide groups is 1. The number of nitrogens with zero attached hydrogens (tertiary/aromatic N) is 3. The molecule has 4 amide bonds. The number of benzene rings is 1. The van der Waals surface area contributed by atoms with Gasteiger partial charge >= 0.3 is 6.09 Å². The van der Waals surface area contributed by atoms with E-state index in [1.807, 2.05) is 27.7 Å². The van der Waals surface area contributed by atoms with E-state index in [1.54, 1.807) is 41.3 Å². The lowest BCUT2D eigenvalue weighted by Crippen LogP contribution is -2.44. The Bertz CT molecular complexity index is 1290. The van der Waals surface area contributed by atoms with Crippen LogP contribution in [0.1, 0.15) is 50.2 Å². The van der Waals surface area contributed by atoms with Crippen LogP contribution in [0.4, 0.5) is 16.2 Å². The fourth-order valence-electron chi connectivity index (χ4n) is 5.43. The number of anilines is 2. The summed E-state index contributed by atoms with van der Waals surface area (Å²) in [7, 11) is 0. The minimum absolute atomic E-state index is 0.0372. The summed E-state index contributed by atoms with van der Waals surface area (Å²) in [6.07, 6.45) is -0.495. The molecule has 2 aliphatic rings. The third kappa shape index (κ3) is 7.65. The van der Waals surface area contributed by atoms with Crippen LogP contribution in [0.25, 0.3) is 0 Å². The number of carbonyl (C=O) groups is 4. The van der Waals surface area contributed by atoms with Crippen LogP contribution in [0.2, 0.25) is 4.34 Å². The lowest BCUT2D eigenvalue weighted by atomic mass is 9.73. The molecule has 0 bridgehead atoms. The zero-order chi connectivity index (χ0) is 29.9. The summed E-state index contributed by atoms with van der Waals surface area (Å²) in [4.78, 5) is 56.8. The fourth-order valence-corrected chi connectivity index (χ4v) is 6.42. The number of hydrogen-bond acceptors (Lipinski definition) is 8. The highest BCUT2D eigenvalue weighted by Gasteiger charge is 2.39. The highest BCUT2D eigenvalue weighted by molar-refractivity contribution is 7.18. The molecule has 1 aromatic carbocycles. The van der Waals surface area contributed by atoms with Gasteiger partial charge in [0.2, 0.25) is 5.91 Å². The number of cyclic esters (lactones) is 1. The smallest absolute Gasteiger partial charge is 0.414 e. The molecule has 1 unspecified atom stereocenters. The average Bonchev–Trinajstić information content (AvgIpc) is 3.51. The molecule has 2 fully saturated rings. The monoisotopic (exact) mass is 604 g/mol. The lowest BCUT2D eigenvalue weighted by molar-refractivity contribution is -0.132. The maximum Gasteiger partial charge on any atom is 0.414 e. The second-order valence-corrected chi connectivity index (χ2v) is 13.7. The third-order valence-corrected chi connectivity index (χ3v) is 8.41. The maximum absolute atomic E-state index is 13.6. The van der Waals surface area contributed by atoms with Crippen LogP contribution in [0.5, 0.6) is 0 Å². The predicted molar refractivity (Wildman–Crippen MR) is 158 cm³/mol. The SMILES string of the molecule is CC(C)(CN)CC(C)(C)CC(=O)N(CC1CN(c2ccc(N3CCOCC3=O)cc2)C(=O)O1)C(=O)c1ccc(Cl)s1. The van der Waals surface area contributed by atoms with Gasteiger partial charge in [0.1, 0.15) is 12.7 Å². The third-order valence-electron chi connectivity index (χ3n) is 7.19. The van der Waals surface area contributed by atoms with E-state index in [-0.39, 0.29) is 43.3 Å². The zero-order valence-corrected chi connectivity index (χ0v) is 25.4. The molecule has 0 radical (unpaired) electrons. The number of morpholine rings is 1. The first-order chi connectivity index (χ1) is 19.3. The molecule has 4 rings (SSSR count). The van der Waals surface area contributed by atoms with Crippen molar-refractivity contribution in [2.45, 2.75) is 46.6 Å². The number of nitrogens with two attached hydrogens (primary N) is 1. The van der Waals surface area contributed by atoms with Gasteiger partial charge in [0.05, 0.1) is 28.9 Å². The van der Waals surface area contributed by atoms with Crippen molar-refractivity contribution in [3.63, 3.8) is 0 Å². The largest absolute Gasteiger partial charge is 0.442 e. The molecule has 3 heterocycles. The van der Waals surface area contributed by atoms with Gasteiger partial charge in [0, 0.05) is 24.3 Å². The van der Waals surface area contributed by atoms with Crippen molar-refractivity contribution in [1.82, 2.24) is 4.90 Å². The first-order valence-electron chi connectivity index (χ1n) is 13.5. The van der Waals surface area contributed by atoms with Gasteiger partial charge in [-0.1, -0.05) is 39.3 Å². The molecule has 0 aliphatic carbocycles. The van der Waals surface area contributed by atoms with Crippen molar-refractivity contribution in [3.05, 3.63) is 45.6 Å². The summed E-state index contributed by atoms with van der Waals surface area (Å²) in [5, 5.41) is 0. The lowest BCUT2D eigenvalue weighted by Gasteiger charge is -2.35. The Kier molecular flexibility index (Phi) is 9.42. The van der Waals surface area contributed by atoms with E-state index in [9.17, 15) is 19.2 Å². The number of halogens is 1. The number of hydrogen-bond donors (Lipinski definition) is 1. The molecule has 2 N–H and O–H groups in total. The summed E-state index contributed by atoms with van der Waals surface area (Å²) < 4.78 is 11.2. The molecule has 222 valence electrons. The summed E-state index contributed by atoms with van der Waals surface area (Å²) in [6, 6.07) is 10.2. The summed E-state index contributed by atoms with van der Waals surface area (Å²) in [5.74, 6) is -0.956. The number of carbonyl (C=O) groups excluding carboxylic acids is 4. The second-order valence-electron chi connectivity index (χ2n) is 12.0. The van der Waals surface area contributed by atoms with Gasteiger partial charge in [0.25, 0.3) is 11.8 Å². The van der Waals surface area contributed by atoms with E-state index < -0.39 is 23.5 Å². The van der Waals surface area contributed by atoms with Gasteiger partial charge in [0.15, 0.2) is 0 Å². The molecule has 10 nitrogen and oxygen atoms in total. The normalized spacial score (nSPS) is 18.0. The molecule has 1 atom stereocenters. The number of amides is 4. The summed E-state index contributed by atoms with van der Waals surface area (Å²) in [5.41, 5.74) is 6.63. The van der Waals surface area contributed by atoms with Crippen LogP contribution >= 0.6 is 22.9 Å². The highest BCUT2D eigenvalue weighted by Crippen LogP contribution is 2.36. The van der Waals surface area contributed by atoms with Gasteiger partial charge in [-0.2, -0.15) is 0 Å². The summed E-state index contributed by atoms with van der Waals surface area (Å²) >= 11 is 7.17. The molecule has 41 heavy (non-hydrogen) atoms. The number of rotatable bonds is 10. The topological polar surface area (TPSA) is 122 Å².